The Kier molecular flexibility index (Phi) is 3.55. The van der Waals surface area contributed by atoms with E-state index in [1.165, 1.54) is 0 Å². The van der Waals surface area contributed by atoms with Crippen LogP contribution in [-0.2, 0) is 11.2 Å². The van der Waals surface area contributed by atoms with Crippen LogP contribution in [0.1, 0.15) is 22.3 Å². The molecule has 0 atom stereocenters. The molecule has 0 radical (unpaired) electrons. The molecule has 0 saturated carbocycles. The highest BCUT2D eigenvalue weighted by molar-refractivity contribution is 5.88. The molecule has 0 aromatic heterocycles. The largest absolute Gasteiger partial charge is 0.481 e. The molecule has 0 aliphatic rings. The molecule has 0 saturated heterocycles. The number of aliphatic carboxylic acids is 1. The van der Waals surface area contributed by atoms with Gasteiger partial charge in [0, 0.05) is 6.42 Å². The number of aromatic carboxylic acids is 1. The first-order chi connectivity index (χ1) is 7.41. The van der Waals surface area contributed by atoms with Crippen LogP contribution in [0.5, 0.6) is 0 Å². The summed E-state index contributed by atoms with van der Waals surface area (Å²) >= 11 is 0. The molecule has 0 heterocycles. The van der Waals surface area contributed by atoms with Crippen molar-refractivity contribution < 1.29 is 28.6 Å². The number of hydrogen-bond donors (Lipinski definition) is 2. The minimum absolute atomic E-state index is 0.0525. The highest BCUT2D eigenvalue weighted by atomic mass is 19.1. The molecule has 1 rings (SSSR count). The van der Waals surface area contributed by atoms with E-state index in [4.69, 9.17) is 10.2 Å². The second-order valence-corrected chi connectivity index (χ2v) is 3.13. The fourth-order valence-corrected chi connectivity index (χ4v) is 1.23. The summed E-state index contributed by atoms with van der Waals surface area (Å²) in [5.41, 5.74) is -0.915. The molecule has 0 fully saturated rings. The van der Waals surface area contributed by atoms with Crippen LogP contribution >= 0.6 is 0 Å². The lowest BCUT2D eigenvalue weighted by Gasteiger charge is -2.03. The van der Waals surface area contributed by atoms with Gasteiger partial charge in [0.25, 0.3) is 0 Å². The zero-order valence-electron chi connectivity index (χ0n) is 8.04. The first kappa shape index (κ1) is 12.1. The second-order valence-electron chi connectivity index (χ2n) is 3.13. The van der Waals surface area contributed by atoms with Gasteiger partial charge in [-0.1, -0.05) is 0 Å². The van der Waals surface area contributed by atoms with Crippen LogP contribution < -0.4 is 0 Å². The Morgan fingerprint density at radius 1 is 1.12 bits per heavy atom. The third kappa shape index (κ3) is 2.75. The van der Waals surface area contributed by atoms with Crippen LogP contribution in [0.3, 0.4) is 0 Å². The number of hydrogen-bond acceptors (Lipinski definition) is 2. The first-order valence-electron chi connectivity index (χ1n) is 4.35. The quantitative estimate of drug-likeness (QED) is 0.825. The molecule has 2 N–H and O–H groups in total. The Labute approximate surface area is 89.1 Å². The fraction of sp³-hybridized carbons (Fsp3) is 0.200. The number of carboxylic acid groups (broad SMARTS) is 2. The van der Waals surface area contributed by atoms with Crippen LogP contribution in [0, 0.1) is 11.6 Å². The van der Waals surface area contributed by atoms with Crippen molar-refractivity contribution in [3.8, 4) is 0 Å². The van der Waals surface area contributed by atoms with Gasteiger partial charge < -0.3 is 10.2 Å². The van der Waals surface area contributed by atoms with E-state index < -0.39 is 29.1 Å². The van der Waals surface area contributed by atoms with E-state index in [1.807, 2.05) is 0 Å². The van der Waals surface area contributed by atoms with Crippen molar-refractivity contribution in [3.05, 3.63) is 34.9 Å². The minimum Gasteiger partial charge on any atom is -0.481 e. The zero-order chi connectivity index (χ0) is 12.3. The summed E-state index contributed by atoms with van der Waals surface area (Å²) in [7, 11) is 0. The molecular formula is C10H8F2O4. The summed E-state index contributed by atoms with van der Waals surface area (Å²) in [5.74, 6) is -5.19. The summed E-state index contributed by atoms with van der Waals surface area (Å²) < 4.78 is 26.2. The van der Waals surface area contributed by atoms with Crippen LogP contribution in [0.25, 0.3) is 0 Å². The maximum atomic E-state index is 13.1. The van der Waals surface area contributed by atoms with Crippen molar-refractivity contribution in [1.82, 2.24) is 0 Å². The van der Waals surface area contributed by atoms with Crippen molar-refractivity contribution >= 4 is 11.9 Å². The van der Waals surface area contributed by atoms with Crippen molar-refractivity contribution in [2.45, 2.75) is 12.8 Å². The lowest BCUT2D eigenvalue weighted by Crippen LogP contribution is -2.06. The van der Waals surface area contributed by atoms with E-state index in [2.05, 4.69) is 0 Å². The number of carbonyl (C=O) groups is 2. The first-order valence-corrected chi connectivity index (χ1v) is 4.35. The molecule has 1 aromatic rings. The highest BCUT2D eigenvalue weighted by Crippen LogP contribution is 2.16. The summed E-state index contributed by atoms with van der Waals surface area (Å²) in [4.78, 5) is 20.7. The van der Waals surface area contributed by atoms with Gasteiger partial charge in [-0.15, -0.1) is 0 Å². The molecule has 0 bridgehead atoms. The lowest BCUT2D eigenvalue weighted by atomic mass is 10.1. The maximum Gasteiger partial charge on any atom is 0.341 e. The van der Waals surface area contributed by atoms with Gasteiger partial charge >= 0.3 is 11.9 Å². The third-order valence-electron chi connectivity index (χ3n) is 1.94. The van der Waals surface area contributed by atoms with Crippen LogP contribution in [0.2, 0.25) is 0 Å². The maximum absolute atomic E-state index is 13.1. The van der Waals surface area contributed by atoms with Gasteiger partial charge in [0.2, 0.25) is 0 Å². The van der Waals surface area contributed by atoms with E-state index in [0.29, 0.717) is 0 Å². The molecule has 0 aliphatic heterocycles. The Hall–Kier alpha value is -1.98. The SMILES string of the molecule is O=C(O)CCc1cc(F)c(C(=O)O)c(F)c1. The van der Waals surface area contributed by atoms with Gasteiger partial charge in [-0.2, -0.15) is 0 Å². The normalized spacial score (nSPS) is 10.1. The summed E-state index contributed by atoms with van der Waals surface area (Å²) in [6.45, 7) is 0. The van der Waals surface area contributed by atoms with Crippen molar-refractivity contribution in [2.24, 2.45) is 0 Å². The summed E-state index contributed by atoms with van der Waals surface area (Å²) in [5, 5.41) is 16.9. The average Bonchev–Trinajstić information content (AvgIpc) is 2.12. The monoisotopic (exact) mass is 230 g/mol. The zero-order valence-corrected chi connectivity index (χ0v) is 8.04. The van der Waals surface area contributed by atoms with Crippen molar-refractivity contribution in [2.75, 3.05) is 0 Å². The van der Waals surface area contributed by atoms with Crippen LogP contribution in [0.15, 0.2) is 12.1 Å². The third-order valence-corrected chi connectivity index (χ3v) is 1.94. The van der Waals surface area contributed by atoms with Gasteiger partial charge in [0.1, 0.15) is 17.2 Å². The molecule has 4 nitrogen and oxygen atoms in total. The summed E-state index contributed by atoms with van der Waals surface area (Å²) in [6.07, 6.45) is -0.325. The molecule has 0 amide bonds. The van der Waals surface area contributed by atoms with Gasteiger partial charge in [-0.05, 0) is 24.1 Å². The number of halogens is 2. The van der Waals surface area contributed by atoms with Crippen molar-refractivity contribution in [3.63, 3.8) is 0 Å². The molecule has 86 valence electrons. The lowest BCUT2D eigenvalue weighted by molar-refractivity contribution is -0.136. The molecular weight excluding hydrogens is 222 g/mol. The van der Waals surface area contributed by atoms with Gasteiger partial charge in [0.15, 0.2) is 0 Å². The smallest absolute Gasteiger partial charge is 0.341 e. The Morgan fingerprint density at radius 2 is 1.62 bits per heavy atom. The standard InChI is InChI=1S/C10H8F2O4/c11-6-3-5(1-2-8(13)14)4-7(12)9(6)10(15)16/h3-4H,1-2H2,(H,13,14)(H,15,16). The predicted molar refractivity (Wildman–Crippen MR) is 49.3 cm³/mol. The van der Waals surface area contributed by atoms with Gasteiger partial charge in [0.05, 0.1) is 0 Å². The number of carboxylic acids is 2. The van der Waals surface area contributed by atoms with Crippen molar-refractivity contribution in [1.29, 1.82) is 0 Å². The van der Waals surface area contributed by atoms with E-state index in [1.54, 1.807) is 0 Å². The van der Waals surface area contributed by atoms with E-state index in [-0.39, 0.29) is 18.4 Å². The van der Waals surface area contributed by atoms with Crippen LogP contribution in [-0.4, -0.2) is 22.2 Å². The Bertz CT molecular complexity index is 419. The van der Waals surface area contributed by atoms with Crippen LogP contribution in [0.4, 0.5) is 8.78 Å². The predicted octanol–water partition coefficient (Wildman–Crippen LogP) is 1.68. The minimum atomic E-state index is -1.69. The second kappa shape index (κ2) is 4.69. The topological polar surface area (TPSA) is 74.6 Å². The molecule has 0 spiro atoms. The molecule has 0 unspecified atom stereocenters. The van der Waals surface area contributed by atoms with E-state index in [9.17, 15) is 18.4 Å². The van der Waals surface area contributed by atoms with E-state index in [0.717, 1.165) is 12.1 Å². The van der Waals surface area contributed by atoms with Gasteiger partial charge in [-0.25, -0.2) is 13.6 Å². The number of rotatable bonds is 4. The number of benzene rings is 1. The molecule has 0 aliphatic carbocycles. The molecule has 6 heteroatoms. The molecule has 16 heavy (non-hydrogen) atoms. The highest BCUT2D eigenvalue weighted by Gasteiger charge is 2.17. The molecule has 1 aromatic carbocycles. The van der Waals surface area contributed by atoms with Gasteiger partial charge in [-0.3, -0.25) is 4.79 Å². The Balaban J connectivity index is 3.00. The Morgan fingerprint density at radius 3 is 2.00 bits per heavy atom. The summed E-state index contributed by atoms with van der Waals surface area (Å²) in [6, 6.07) is 1.66. The number of aryl methyl sites for hydroxylation is 1. The van der Waals surface area contributed by atoms with E-state index >= 15 is 0 Å². The fourth-order valence-electron chi connectivity index (χ4n) is 1.23. The average molecular weight is 230 g/mol.